The number of carbonyl (C=O) groups excluding carboxylic acids is 1. The fourth-order valence-corrected chi connectivity index (χ4v) is 2.24. The molecule has 0 aliphatic heterocycles. The van der Waals surface area contributed by atoms with Crippen molar-refractivity contribution >= 4 is 27.2 Å². The first kappa shape index (κ1) is 9.27. The standard InChI is InChI=1S/C10H6F2OS/c11-10(12)9(13)7-5-14-8-4-2-1-3-6(7)8/h1-5,10H. The Hall–Kier alpha value is -1.29. The average Bonchev–Trinajstić information content (AvgIpc) is 2.60. The molecule has 1 nitrogen and oxygen atoms in total. The third-order valence-electron chi connectivity index (χ3n) is 1.94. The van der Waals surface area contributed by atoms with Gasteiger partial charge in [0.15, 0.2) is 0 Å². The van der Waals surface area contributed by atoms with Crippen LogP contribution in [0, 0.1) is 0 Å². The largest absolute Gasteiger partial charge is 0.300 e. The number of carbonyl (C=O) groups is 1. The summed E-state index contributed by atoms with van der Waals surface area (Å²) in [6.07, 6.45) is -2.92. The number of hydrogen-bond donors (Lipinski definition) is 0. The Morgan fingerprint density at radius 1 is 1.29 bits per heavy atom. The molecule has 0 fully saturated rings. The number of alkyl halides is 2. The smallest absolute Gasteiger partial charge is 0.288 e. The maximum Gasteiger partial charge on any atom is 0.300 e. The van der Waals surface area contributed by atoms with Crippen molar-refractivity contribution in [1.29, 1.82) is 0 Å². The Bertz CT molecular complexity index is 476. The van der Waals surface area contributed by atoms with Crippen LogP contribution in [0.5, 0.6) is 0 Å². The molecule has 72 valence electrons. The van der Waals surface area contributed by atoms with Gasteiger partial charge in [-0.25, -0.2) is 8.78 Å². The van der Waals surface area contributed by atoms with Crippen molar-refractivity contribution in [1.82, 2.24) is 0 Å². The minimum Gasteiger partial charge on any atom is -0.288 e. The second-order valence-corrected chi connectivity index (χ2v) is 3.72. The van der Waals surface area contributed by atoms with E-state index in [1.54, 1.807) is 12.1 Å². The molecule has 0 spiro atoms. The highest BCUT2D eigenvalue weighted by Crippen LogP contribution is 2.27. The predicted octanol–water partition coefficient (Wildman–Crippen LogP) is 3.35. The van der Waals surface area contributed by atoms with Crippen molar-refractivity contribution in [3.05, 3.63) is 35.2 Å². The van der Waals surface area contributed by atoms with Gasteiger partial charge in [0.25, 0.3) is 0 Å². The zero-order valence-electron chi connectivity index (χ0n) is 7.04. The van der Waals surface area contributed by atoms with Crippen LogP contribution in [0.4, 0.5) is 8.78 Å². The Labute approximate surface area is 83.0 Å². The first-order chi connectivity index (χ1) is 6.70. The van der Waals surface area contributed by atoms with Crippen molar-refractivity contribution < 1.29 is 13.6 Å². The summed E-state index contributed by atoms with van der Waals surface area (Å²) in [7, 11) is 0. The van der Waals surface area contributed by atoms with Gasteiger partial charge in [-0.3, -0.25) is 4.79 Å². The molecule has 1 aromatic carbocycles. The second-order valence-electron chi connectivity index (χ2n) is 2.81. The zero-order valence-corrected chi connectivity index (χ0v) is 7.85. The molecular weight excluding hydrogens is 206 g/mol. The summed E-state index contributed by atoms with van der Waals surface area (Å²) in [5.41, 5.74) is 0.126. The normalized spacial score (nSPS) is 11.1. The van der Waals surface area contributed by atoms with Crippen LogP contribution in [0.1, 0.15) is 10.4 Å². The highest BCUT2D eigenvalue weighted by atomic mass is 32.1. The summed E-state index contributed by atoms with van der Waals surface area (Å²) in [5.74, 6) is -1.09. The molecule has 0 saturated heterocycles. The van der Waals surface area contributed by atoms with E-state index in [-0.39, 0.29) is 5.56 Å². The van der Waals surface area contributed by atoms with Crippen molar-refractivity contribution in [3.8, 4) is 0 Å². The number of hydrogen-bond acceptors (Lipinski definition) is 2. The molecule has 14 heavy (non-hydrogen) atoms. The molecule has 2 aromatic rings. The van der Waals surface area contributed by atoms with E-state index in [0.717, 1.165) is 4.70 Å². The molecule has 0 unspecified atom stereocenters. The first-order valence-electron chi connectivity index (χ1n) is 3.99. The summed E-state index contributed by atoms with van der Waals surface area (Å²) in [6, 6.07) is 7.04. The third kappa shape index (κ3) is 1.42. The van der Waals surface area contributed by atoms with Crippen molar-refractivity contribution in [2.24, 2.45) is 0 Å². The fraction of sp³-hybridized carbons (Fsp3) is 0.100. The van der Waals surface area contributed by atoms with E-state index >= 15 is 0 Å². The number of benzene rings is 1. The molecule has 1 heterocycles. The summed E-state index contributed by atoms with van der Waals surface area (Å²) in [6.45, 7) is 0. The lowest BCUT2D eigenvalue weighted by Gasteiger charge is -1.96. The molecule has 0 N–H and O–H groups in total. The van der Waals surface area contributed by atoms with Crippen LogP contribution in [0.25, 0.3) is 10.1 Å². The second kappa shape index (κ2) is 3.46. The van der Waals surface area contributed by atoms with Crippen molar-refractivity contribution in [2.75, 3.05) is 0 Å². The van der Waals surface area contributed by atoms with Crippen LogP contribution in [-0.2, 0) is 0 Å². The molecule has 4 heteroatoms. The Balaban J connectivity index is 2.58. The predicted molar refractivity (Wildman–Crippen MR) is 52.2 cm³/mol. The quantitative estimate of drug-likeness (QED) is 0.698. The van der Waals surface area contributed by atoms with Gasteiger partial charge < -0.3 is 0 Å². The number of Topliss-reactive ketones (excluding diaryl/α,β-unsaturated/α-hetero) is 1. The van der Waals surface area contributed by atoms with Gasteiger partial charge in [0.05, 0.1) is 0 Å². The highest BCUT2D eigenvalue weighted by molar-refractivity contribution is 7.17. The molecule has 0 bridgehead atoms. The molecule has 0 radical (unpaired) electrons. The Morgan fingerprint density at radius 3 is 2.71 bits per heavy atom. The van der Waals surface area contributed by atoms with Gasteiger partial charge in [0.2, 0.25) is 5.78 Å². The average molecular weight is 212 g/mol. The molecule has 0 aliphatic carbocycles. The van der Waals surface area contributed by atoms with Crippen molar-refractivity contribution in [3.63, 3.8) is 0 Å². The molecule has 0 atom stereocenters. The van der Waals surface area contributed by atoms with Gasteiger partial charge in [0, 0.05) is 21.0 Å². The number of halogens is 2. The van der Waals surface area contributed by atoms with E-state index < -0.39 is 12.2 Å². The lowest BCUT2D eigenvalue weighted by atomic mass is 10.1. The van der Waals surface area contributed by atoms with Crippen LogP contribution in [0.2, 0.25) is 0 Å². The number of thiophene rings is 1. The minimum absolute atomic E-state index is 0.126. The third-order valence-corrected chi connectivity index (χ3v) is 2.91. The molecule has 0 amide bonds. The maximum atomic E-state index is 12.2. The zero-order chi connectivity index (χ0) is 10.1. The minimum atomic E-state index is -2.92. The highest BCUT2D eigenvalue weighted by Gasteiger charge is 2.20. The van der Waals surface area contributed by atoms with E-state index in [1.165, 1.54) is 16.7 Å². The van der Waals surface area contributed by atoms with Crippen LogP contribution in [0.15, 0.2) is 29.6 Å². The fourth-order valence-electron chi connectivity index (χ4n) is 1.29. The van der Waals surface area contributed by atoms with E-state index in [1.807, 2.05) is 12.1 Å². The van der Waals surface area contributed by atoms with Crippen LogP contribution < -0.4 is 0 Å². The van der Waals surface area contributed by atoms with E-state index in [4.69, 9.17) is 0 Å². The maximum absolute atomic E-state index is 12.2. The number of rotatable bonds is 2. The Kier molecular flexibility index (Phi) is 2.29. The number of fused-ring (bicyclic) bond motifs is 1. The summed E-state index contributed by atoms with van der Waals surface area (Å²) < 4.78 is 25.2. The van der Waals surface area contributed by atoms with E-state index in [2.05, 4.69) is 0 Å². The lowest BCUT2D eigenvalue weighted by molar-refractivity contribution is 0.0681. The SMILES string of the molecule is O=C(c1csc2ccccc12)C(F)F. The lowest BCUT2D eigenvalue weighted by Crippen LogP contribution is -2.09. The topological polar surface area (TPSA) is 17.1 Å². The summed E-state index contributed by atoms with van der Waals surface area (Å²) >= 11 is 1.31. The van der Waals surface area contributed by atoms with Gasteiger partial charge in [-0.05, 0) is 6.07 Å². The summed E-state index contributed by atoms with van der Waals surface area (Å²) in [4.78, 5) is 11.1. The van der Waals surface area contributed by atoms with Gasteiger partial charge in [-0.1, -0.05) is 18.2 Å². The van der Waals surface area contributed by atoms with Gasteiger partial charge >= 0.3 is 6.43 Å². The molecule has 2 rings (SSSR count). The van der Waals surface area contributed by atoms with Gasteiger partial charge in [-0.2, -0.15) is 0 Å². The molecule has 0 saturated carbocycles. The summed E-state index contributed by atoms with van der Waals surface area (Å²) in [5, 5.41) is 2.10. The molecule has 1 aromatic heterocycles. The number of ketones is 1. The molecule has 0 aliphatic rings. The van der Waals surface area contributed by atoms with Crippen molar-refractivity contribution in [2.45, 2.75) is 6.43 Å². The van der Waals surface area contributed by atoms with Crippen LogP contribution in [0.3, 0.4) is 0 Å². The first-order valence-corrected chi connectivity index (χ1v) is 4.86. The monoisotopic (exact) mass is 212 g/mol. The van der Waals surface area contributed by atoms with Crippen LogP contribution in [-0.4, -0.2) is 12.2 Å². The molecular formula is C10H6F2OS. The Morgan fingerprint density at radius 2 is 2.00 bits per heavy atom. The van der Waals surface area contributed by atoms with E-state index in [0.29, 0.717) is 5.39 Å². The van der Waals surface area contributed by atoms with Crippen LogP contribution >= 0.6 is 11.3 Å². The van der Waals surface area contributed by atoms with Gasteiger partial charge in [-0.15, -0.1) is 11.3 Å². The van der Waals surface area contributed by atoms with E-state index in [9.17, 15) is 13.6 Å². The van der Waals surface area contributed by atoms with Gasteiger partial charge in [0.1, 0.15) is 0 Å².